The first-order valence-electron chi connectivity index (χ1n) is 14.0. The van der Waals surface area contributed by atoms with E-state index in [0.717, 1.165) is 12.8 Å². The van der Waals surface area contributed by atoms with Crippen molar-refractivity contribution in [2.24, 2.45) is 5.92 Å². The van der Waals surface area contributed by atoms with E-state index in [4.69, 9.17) is 4.74 Å². The molecule has 0 spiro atoms. The molecule has 3 heteroatoms. The first-order valence-corrected chi connectivity index (χ1v) is 14.0. The van der Waals surface area contributed by atoms with Gasteiger partial charge in [0.25, 0.3) is 0 Å². The predicted octanol–water partition coefficient (Wildman–Crippen LogP) is 9.84. The summed E-state index contributed by atoms with van der Waals surface area (Å²) in [5.74, 6) is -0.509. The third-order valence-electron chi connectivity index (χ3n) is 7.83. The molecule has 3 aromatic rings. The summed E-state index contributed by atoms with van der Waals surface area (Å²) in [5, 5.41) is 0. The van der Waals surface area contributed by atoms with Gasteiger partial charge in [-0.25, -0.2) is 4.39 Å². The van der Waals surface area contributed by atoms with E-state index < -0.39 is 11.6 Å². The summed E-state index contributed by atoms with van der Waals surface area (Å²) in [5.41, 5.74) is 5.11. The van der Waals surface area contributed by atoms with Crippen LogP contribution >= 0.6 is 0 Å². The van der Waals surface area contributed by atoms with Crippen LogP contribution in [0.5, 0.6) is 5.75 Å². The highest BCUT2D eigenvalue weighted by Crippen LogP contribution is 2.36. The number of hydrogen-bond donors (Lipinski definition) is 0. The molecule has 1 aliphatic carbocycles. The smallest absolute Gasteiger partial charge is 0.201 e. The van der Waals surface area contributed by atoms with Crippen molar-refractivity contribution in [3.05, 3.63) is 101 Å². The molecular weight excluding hydrogens is 462 g/mol. The topological polar surface area (TPSA) is 9.23 Å². The third kappa shape index (κ3) is 7.31. The summed E-state index contributed by atoms with van der Waals surface area (Å²) in [6, 6.07) is 20.2. The van der Waals surface area contributed by atoms with E-state index in [1.165, 1.54) is 81.2 Å². The minimum Gasteiger partial charge on any atom is -0.494 e. The third-order valence-corrected chi connectivity index (χ3v) is 7.83. The van der Waals surface area contributed by atoms with E-state index in [2.05, 4.69) is 43.3 Å². The van der Waals surface area contributed by atoms with Crippen LogP contribution in [0.4, 0.5) is 8.78 Å². The molecule has 0 heterocycles. The highest BCUT2D eigenvalue weighted by molar-refractivity contribution is 5.65. The van der Waals surface area contributed by atoms with Gasteiger partial charge in [-0.1, -0.05) is 80.4 Å². The van der Waals surface area contributed by atoms with Crippen molar-refractivity contribution in [2.75, 3.05) is 7.11 Å². The molecular formula is C34H40F2O. The van der Waals surface area contributed by atoms with Crippen molar-refractivity contribution in [1.29, 1.82) is 0 Å². The lowest BCUT2D eigenvalue weighted by molar-refractivity contribution is 0.372. The van der Waals surface area contributed by atoms with Gasteiger partial charge in [-0.3, -0.25) is 0 Å². The molecule has 37 heavy (non-hydrogen) atoms. The zero-order valence-electron chi connectivity index (χ0n) is 22.3. The number of benzene rings is 3. The van der Waals surface area contributed by atoms with Gasteiger partial charge in [0, 0.05) is 5.56 Å². The Labute approximate surface area is 221 Å². The summed E-state index contributed by atoms with van der Waals surface area (Å²) in [6.45, 7) is 2.26. The number of allylic oxidation sites excluding steroid dienone is 2. The van der Waals surface area contributed by atoms with E-state index in [1.54, 1.807) is 6.07 Å². The van der Waals surface area contributed by atoms with Gasteiger partial charge in [0.1, 0.15) is 0 Å². The minimum absolute atomic E-state index is 0.0787. The Hall–Kier alpha value is -2.94. The lowest BCUT2D eigenvalue weighted by atomic mass is 9.78. The van der Waals surface area contributed by atoms with Gasteiger partial charge in [-0.15, -0.1) is 0 Å². The summed E-state index contributed by atoms with van der Waals surface area (Å²) in [4.78, 5) is 0. The first kappa shape index (κ1) is 27.1. The lowest BCUT2D eigenvalue weighted by Crippen LogP contribution is -2.11. The lowest BCUT2D eigenvalue weighted by Gasteiger charge is -2.27. The number of rotatable bonds is 11. The largest absolute Gasteiger partial charge is 0.494 e. The fraction of sp³-hybridized carbons (Fsp3) is 0.412. The van der Waals surface area contributed by atoms with Gasteiger partial charge >= 0.3 is 0 Å². The summed E-state index contributed by atoms with van der Waals surface area (Å²) in [7, 11) is 1.33. The Morgan fingerprint density at radius 3 is 2.14 bits per heavy atom. The SMILES string of the molecule is CCCCCc1ccc(C2CCC(C=CCCc3ccc(-c4ccc(OC)c(F)c4F)cc3)CC2)cc1. The fourth-order valence-corrected chi connectivity index (χ4v) is 5.48. The van der Waals surface area contributed by atoms with E-state index in [-0.39, 0.29) is 11.3 Å². The molecule has 1 nitrogen and oxygen atoms in total. The van der Waals surface area contributed by atoms with Gasteiger partial charge in [0.15, 0.2) is 11.6 Å². The number of methoxy groups -OCH3 is 1. The van der Waals surface area contributed by atoms with Crippen LogP contribution in [0.2, 0.25) is 0 Å². The first-order chi connectivity index (χ1) is 18.1. The molecule has 0 amide bonds. The molecule has 0 radical (unpaired) electrons. The van der Waals surface area contributed by atoms with Crippen molar-refractivity contribution < 1.29 is 13.5 Å². The molecule has 0 aliphatic heterocycles. The Kier molecular flexibility index (Phi) is 9.93. The second-order valence-electron chi connectivity index (χ2n) is 10.4. The number of halogens is 2. The average Bonchev–Trinajstić information content (AvgIpc) is 2.94. The van der Waals surface area contributed by atoms with Crippen molar-refractivity contribution in [3.8, 4) is 16.9 Å². The Bertz CT molecular complexity index is 1140. The maximum atomic E-state index is 14.4. The van der Waals surface area contributed by atoms with Crippen molar-refractivity contribution in [1.82, 2.24) is 0 Å². The molecule has 1 aliphatic rings. The van der Waals surface area contributed by atoms with Crippen molar-refractivity contribution >= 4 is 0 Å². The number of hydrogen-bond acceptors (Lipinski definition) is 1. The van der Waals surface area contributed by atoms with Gasteiger partial charge in [0.05, 0.1) is 7.11 Å². The highest BCUT2D eigenvalue weighted by atomic mass is 19.2. The molecule has 0 saturated heterocycles. The number of ether oxygens (including phenoxy) is 1. The maximum absolute atomic E-state index is 14.4. The van der Waals surface area contributed by atoms with Crippen LogP contribution in [-0.2, 0) is 12.8 Å². The Balaban J connectivity index is 1.21. The molecule has 0 N–H and O–H groups in total. The molecule has 3 aromatic carbocycles. The standard InChI is InChI=1S/C34H40F2O/c1-3-4-5-8-25-11-17-28(18-12-25)29-19-13-26(14-20-29)9-6-7-10-27-15-21-30(22-16-27)31-23-24-32(37-2)34(36)33(31)35/h6,9,11-12,15-18,21-24,26,29H,3-5,7-8,10,13-14,19-20H2,1-2H3. The van der Waals surface area contributed by atoms with Gasteiger partial charge in [-0.2, -0.15) is 4.39 Å². The van der Waals surface area contributed by atoms with Crippen LogP contribution < -0.4 is 4.74 Å². The van der Waals surface area contributed by atoms with Gasteiger partial charge < -0.3 is 4.74 Å². The van der Waals surface area contributed by atoms with Crippen LogP contribution in [0.15, 0.2) is 72.8 Å². The molecule has 0 atom stereocenters. The monoisotopic (exact) mass is 502 g/mol. The van der Waals surface area contributed by atoms with Crippen molar-refractivity contribution in [3.63, 3.8) is 0 Å². The molecule has 1 fully saturated rings. The number of aryl methyl sites for hydroxylation is 2. The second kappa shape index (κ2) is 13.6. The molecule has 0 unspecified atom stereocenters. The normalized spacial score (nSPS) is 17.8. The molecule has 4 rings (SSSR count). The number of unbranched alkanes of at least 4 members (excludes halogenated alkanes) is 2. The van der Waals surface area contributed by atoms with E-state index in [0.29, 0.717) is 17.4 Å². The molecule has 1 saturated carbocycles. The summed E-state index contributed by atoms with van der Waals surface area (Å²) < 4.78 is 33.3. The molecule has 196 valence electrons. The van der Waals surface area contributed by atoms with E-state index in [1.807, 2.05) is 24.3 Å². The van der Waals surface area contributed by atoms with Gasteiger partial charge in [-0.05, 0) is 97.6 Å². The van der Waals surface area contributed by atoms with E-state index >= 15 is 0 Å². The van der Waals surface area contributed by atoms with Crippen LogP contribution in [0.3, 0.4) is 0 Å². The van der Waals surface area contributed by atoms with Crippen LogP contribution in [0.25, 0.3) is 11.1 Å². The summed E-state index contributed by atoms with van der Waals surface area (Å²) in [6.07, 6.45) is 16.8. The molecule has 0 aromatic heterocycles. The maximum Gasteiger partial charge on any atom is 0.201 e. The minimum atomic E-state index is -0.945. The van der Waals surface area contributed by atoms with Crippen molar-refractivity contribution in [2.45, 2.75) is 77.0 Å². The van der Waals surface area contributed by atoms with Crippen LogP contribution in [0.1, 0.15) is 80.9 Å². The van der Waals surface area contributed by atoms with Crippen LogP contribution in [0, 0.1) is 17.6 Å². The highest BCUT2D eigenvalue weighted by Gasteiger charge is 2.20. The average molecular weight is 503 g/mol. The summed E-state index contributed by atoms with van der Waals surface area (Å²) >= 11 is 0. The Morgan fingerprint density at radius 2 is 1.46 bits per heavy atom. The van der Waals surface area contributed by atoms with E-state index in [9.17, 15) is 8.78 Å². The quantitative estimate of drug-likeness (QED) is 0.187. The van der Waals surface area contributed by atoms with Gasteiger partial charge in [0.2, 0.25) is 5.82 Å². The van der Waals surface area contributed by atoms with Crippen LogP contribution in [-0.4, -0.2) is 7.11 Å². The fourth-order valence-electron chi connectivity index (χ4n) is 5.48. The predicted molar refractivity (Wildman–Crippen MR) is 150 cm³/mol. The second-order valence-corrected chi connectivity index (χ2v) is 10.4. The zero-order chi connectivity index (χ0) is 26.0. The zero-order valence-corrected chi connectivity index (χ0v) is 22.3. The molecule has 0 bridgehead atoms. The Morgan fingerprint density at radius 1 is 0.784 bits per heavy atom.